The number of hydrogen-bond acceptors (Lipinski definition) is 8. The van der Waals surface area contributed by atoms with E-state index in [1.807, 2.05) is 19.1 Å². The Balaban J connectivity index is 1.72. The van der Waals surface area contributed by atoms with Gasteiger partial charge in [-0.25, -0.2) is 5.43 Å². The molecule has 1 atom stereocenters. The zero-order valence-corrected chi connectivity index (χ0v) is 15.2. The maximum absolute atomic E-state index is 11.3. The predicted octanol–water partition coefficient (Wildman–Crippen LogP) is 2.81. The van der Waals surface area contributed by atoms with Gasteiger partial charge >= 0.3 is 0 Å². The van der Waals surface area contributed by atoms with Crippen molar-refractivity contribution in [2.24, 2.45) is 16.1 Å². The molecule has 29 heavy (non-hydrogen) atoms. The number of amides is 1. The van der Waals surface area contributed by atoms with E-state index in [-0.39, 0.29) is 23.1 Å². The van der Waals surface area contributed by atoms with E-state index in [9.17, 15) is 25.0 Å². The number of anilines is 1. The zero-order valence-electron chi connectivity index (χ0n) is 15.2. The first-order chi connectivity index (χ1) is 13.8. The van der Waals surface area contributed by atoms with Gasteiger partial charge in [-0.15, -0.1) is 0 Å². The summed E-state index contributed by atoms with van der Waals surface area (Å²) in [5.41, 5.74) is 6.83. The van der Waals surface area contributed by atoms with E-state index in [0.717, 1.165) is 17.3 Å². The van der Waals surface area contributed by atoms with Crippen molar-refractivity contribution in [3.05, 3.63) is 73.8 Å². The van der Waals surface area contributed by atoms with Crippen molar-refractivity contribution in [3.8, 4) is 0 Å². The molecule has 11 nitrogen and oxygen atoms in total. The molecule has 0 saturated carbocycles. The van der Waals surface area contributed by atoms with Crippen molar-refractivity contribution < 1.29 is 14.6 Å². The maximum atomic E-state index is 11.3. The molecule has 1 aliphatic rings. The van der Waals surface area contributed by atoms with Gasteiger partial charge in [0.2, 0.25) is 5.91 Å². The molecule has 0 bridgehead atoms. The Bertz CT molecular complexity index is 1030. The number of rotatable bonds is 6. The molecule has 0 saturated heterocycles. The summed E-state index contributed by atoms with van der Waals surface area (Å²) in [6, 6.07) is 10.5. The average Bonchev–Trinajstić information content (AvgIpc) is 2.68. The third-order valence-electron chi connectivity index (χ3n) is 4.26. The number of nitrogens with zero attached hydrogens (tertiary/aromatic N) is 4. The van der Waals surface area contributed by atoms with E-state index in [1.54, 1.807) is 12.1 Å². The minimum atomic E-state index is -0.700. The molecule has 1 amide bonds. The normalized spacial score (nSPS) is 16.2. The van der Waals surface area contributed by atoms with Gasteiger partial charge in [0.15, 0.2) is 0 Å². The number of nitro benzene ring substituents is 2. The van der Waals surface area contributed by atoms with Crippen LogP contribution in [0.2, 0.25) is 0 Å². The molecule has 2 aromatic carbocycles. The lowest BCUT2D eigenvalue weighted by molar-refractivity contribution is -0.394. The largest absolute Gasteiger partial charge is 0.285 e. The smallest absolute Gasteiger partial charge is 0.279 e. The summed E-state index contributed by atoms with van der Waals surface area (Å²) < 4.78 is 0. The van der Waals surface area contributed by atoms with Crippen molar-refractivity contribution in [3.63, 3.8) is 0 Å². The molecular weight excluding hydrogens is 380 g/mol. The van der Waals surface area contributed by atoms with Crippen molar-refractivity contribution in [2.45, 2.75) is 13.3 Å². The molecule has 2 aromatic rings. The van der Waals surface area contributed by atoms with Crippen LogP contribution in [0.5, 0.6) is 0 Å². The fraction of sp³-hybridized carbons (Fsp3) is 0.167. The summed E-state index contributed by atoms with van der Waals surface area (Å²) in [6.45, 7) is 1.92. The highest BCUT2D eigenvalue weighted by Crippen LogP contribution is 2.23. The van der Waals surface area contributed by atoms with Gasteiger partial charge in [-0.1, -0.05) is 19.1 Å². The molecule has 1 unspecified atom stereocenters. The number of hydrogen-bond donors (Lipinski definition) is 2. The predicted molar refractivity (Wildman–Crippen MR) is 106 cm³/mol. The number of nitrogens with one attached hydrogen (secondary N) is 2. The molecular formula is C18H16N6O5. The first-order valence-electron chi connectivity index (χ1n) is 8.54. The number of carbonyl (C=O) groups is 1. The number of carbonyl (C=O) groups excluding carboxylic acids is 1. The van der Waals surface area contributed by atoms with Gasteiger partial charge in [0, 0.05) is 18.4 Å². The second kappa shape index (κ2) is 8.25. The third-order valence-corrected chi connectivity index (χ3v) is 4.26. The SMILES string of the molecule is CC1CC(=O)NN=C1c1ccc(NN=Cc2ccc([N+](=O)[O-])cc2[N+](=O)[O-])cc1. The molecule has 0 aromatic heterocycles. The lowest BCUT2D eigenvalue weighted by atomic mass is 9.94. The maximum Gasteiger partial charge on any atom is 0.285 e. The average molecular weight is 396 g/mol. The Morgan fingerprint density at radius 1 is 1.17 bits per heavy atom. The molecule has 0 aliphatic carbocycles. The third kappa shape index (κ3) is 4.58. The molecule has 148 valence electrons. The summed E-state index contributed by atoms with van der Waals surface area (Å²) in [4.78, 5) is 31.8. The fourth-order valence-electron chi connectivity index (χ4n) is 2.81. The van der Waals surface area contributed by atoms with Crippen molar-refractivity contribution in [1.82, 2.24) is 5.43 Å². The van der Waals surface area contributed by atoms with Crippen LogP contribution in [0.1, 0.15) is 24.5 Å². The van der Waals surface area contributed by atoms with Gasteiger partial charge in [0.1, 0.15) is 0 Å². The highest BCUT2D eigenvalue weighted by molar-refractivity contribution is 6.05. The number of benzene rings is 2. The van der Waals surface area contributed by atoms with E-state index >= 15 is 0 Å². The molecule has 1 aliphatic heterocycles. The number of hydrazone groups is 2. The van der Waals surface area contributed by atoms with Crippen LogP contribution >= 0.6 is 0 Å². The van der Waals surface area contributed by atoms with Crippen LogP contribution in [0.15, 0.2) is 52.7 Å². The monoisotopic (exact) mass is 396 g/mol. The summed E-state index contributed by atoms with van der Waals surface area (Å²) >= 11 is 0. The molecule has 11 heteroatoms. The highest BCUT2D eigenvalue weighted by Gasteiger charge is 2.21. The lowest BCUT2D eigenvalue weighted by Crippen LogP contribution is -2.31. The molecule has 1 heterocycles. The minimum Gasteiger partial charge on any atom is -0.279 e. The quantitative estimate of drug-likeness (QED) is 0.435. The van der Waals surface area contributed by atoms with Crippen LogP contribution in [0.4, 0.5) is 17.1 Å². The Hall–Kier alpha value is -4.15. The van der Waals surface area contributed by atoms with Crippen molar-refractivity contribution in [2.75, 3.05) is 5.43 Å². The van der Waals surface area contributed by atoms with Gasteiger partial charge in [0.25, 0.3) is 11.4 Å². The second-order valence-corrected chi connectivity index (χ2v) is 6.34. The van der Waals surface area contributed by atoms with E-state index in [2.05, 4.69) is 21.1 Å². The Kier molecular flexibility index (Phi) is 5.58. The first kappa shape index (κ1) is 19.6. The second-order valence-electron chi connectivity index (χ2n) is 6.34. The number of non-ortho nitro benzene ring substituents is 1. The summed E-state index contributed by atoms with van der Waals surface area (Å²) in [7, 11) is 0. The van der Waals surface area contributed by atoms with Crippen molar-refractivity contribution in [1.29, 1.82) is 0 Å². The molecule has 0 radical (unpaired) electrons. The topological polar surface area (TPSA) is 152 Å². The standard InChI is InChI=1S/C18H16N6O5/c1-11-8-17(25)21-22-18(11)12-2-5-14(6-3-12)20-19-10-13-4-7-15(23(26)27)9-16(13)24(28)29/h2-7,9-11,20H,8H2,1H3,(H,21,25). The zero-order chi connectivity index (χ0) is 21.0. The van der Waals surface area contributed by atoms with E-state index < -0.39 is 15.5 Å². The van der Waals surface area contributed by atoms with Crippen LogP contribution in [-0.2, 0) is 4.79 Å². The summed E-state index contributed by atoms with van der Waals surface area (Å²) in [5.74, 6) is -0.113. The van der Waals surface area contributed by atoms with E-state index in [1.165, 1.54) is 18.3 Å². The fourth-order valence-corrected chi connectivity index (χ4v) is 2.81. The molecule has 3 rings (SSSR count). The van der Waals surface area contributed by atoms with Gasteiger partial charge in [0.05, 0.1) is 39.1 Å². The van der Waals surface area contributed by atoms with Crippen LogP contribution in [0.25, 0.3) is 0 Å². The van der Waals surface area contributed by atoms with Gasteiger partial charge in [-0.3, -0.25) is 30.4 Å². The Morgan fingerprint density at radius 3 is 2.52 bits per heavy atom. The lowest BCUT2D eigenvalue weighted by Gasteiger charge is -2.19. The van der Waals surface area contributed by atoms with Crippen LogP contribution in [0.3, 0.4) is 0 Å². The summed E-state index contributed by atoms with van der Waals surface area (Å²) in [5, 5.41) is 30.0. The van der Waals surface area contributed by atoms with Crippen LogP contribution < -0.4 is 10.9 Å². The highest BCUT2D eigenvalue weighted by atomic mass is 16.6. The Morgan fingerprint density at radius 2 is 1.90 bits per heavy atom. The Labute approximate surface area is 164 Å². The first-order valence-corrected chi connectivity index (χ1v) is 8.54. The van der Waals surface area contributed by atoms with Gasteiger partial charge in [-0.2, -0.15) is 10.2 Å². The molecule has 0 fully saturated rings. The van der Waals surface area contributed by atoms with Gasteiger partial charge in [-0.05, 0) is 23.8 Å². The van der Waals surface area contributed by atoms with Crippen LogP contribution in [0, 0.1) is 26.1 Å². The van der Waals surface area contributed by atoms with Crippen molar-refractivity contribution >= 4 is 34.9 Å². The summed E-state index contributed by atoms with van der Waals surface area (Å²) in [6.07, 6.45) is 1.59. The minimum absolute atomic E-state index is 0.00302. The van der Waals surface area contributed by atoms with Gasteiger partial charge < -0.3 is 0 Å². The van der Waals surface area contributed by atoms with E-state index in [4.69, 9.17) is 0 Å². The number of nitro groups is 2. The van der Waals surface area contributed by atoms with E-state index in [0.29, 0.717) is 12.1 Å². The molecule has 2 N–H and O–H groups in total. The molecule has 0 spiro atoms. The van der Waals surface area contributed by atoms with Crippen LogP contribution in [-0.4, -0.2) is 27.7 Å².